The second kappa shape index (κ2) is 7.65. The highest BCUT2D eigenvalue weighted by Crippen LogP contribution is 2.31. The second-order valence-corrected chi connectivity index (χ2v) is 7.42. The lowest BCUT2D eigenvalue weighted by atomic mass is 10.3. The molecular weight excluding hydrogens is 366 g/mol. The number of nitrogens with zero attached hydrogens (tertiary/aromatic N) is 2. The fourth-order valence-electron chi connectivity index (χ4n) is 2.35. The van der Waals surface area contributed by atoms with Gasteiger partial charge in [-0.25, -0.2) is 0 Å². The minimum absolute atomic E-state index is 0.562. The predicted molar refractivity (Wildman–Crippen MR) is 105 cm³/mol. The maximum Gasteiger partial charge on any atom is 0.210 e. The van der Waals surface area contributed by atoms with E-state index in [2.05, 4.69) is 15.5 Å². The quantitative estimate of drug-likeness (QED) is 0.479. The van der Waals surface area contributed by atoms with E-state index in [1.165, 1.54) is 22.7 Å². The van der Waals surface area contributed by atoms with E-state index >= 15 is 0 Å². The Kier molecular flexibility index (Phi) is 4.92. The summed E-state index contributed by atoms with van der Waals surface area (Å²) in [5, 5.41) is 24.9. The Hall–Kier alpha value is -2.74. The Balaban J connectivity index is 1.47. The third-order valence-electron chi connectivity index (χ3n) is 3.55. The van der Waals surface area contributed by atoms with Gasteiger partial charge < -0.3 is 15.2 Å². The lowest BCUT2D eigenvalue weighted by Crippen LogP contribution is -1.95. The van der Waals surface area contributed by atoms with E-state index in [9.17, 15) is 5.11 Å². The number of aliphatic hydroxyl groups is 1. The van der Waals surface area contributed by atoms with Gasteiger partial charge in [0.05, 0.1) is 0 Å². The van der Waals surface area contributed by atoms with Crippen molar-refractivity contribution in [2.75, 3.05) is 5.32 Å². The Morgan fingerprint density at radius 1 is 0.923 bits per heavy atom. The summed E-state index contributed by atoms with van der Waals surface area (Å²) < 4.78 is 5.84. The number of nitrogens with one attached hydrogen (secondary N) is 1. The molecule has 4 aromatic rings. The van der Waals surface area contributed by atoms with Crippen molar-refractivity contribution in [2.24, 2.45) is 0 Å². The number of para-hydroxylation sites is 1. The number of thiophene rings is 1. The van der Waals surface area contributed by atoms with Gasteiger partial charge in [-0.05, 0) is 35.7 Å². The summed E-state index contributed by atoms with van der Waals surface area (Å²) in [4.78, 5) is 0.853. The van der Waals surface area contributed by atoms with Crippen LogP contribution < -0.4 is 10.1 Å². The van der Waals surface area contributed by atoms with Gasteiger partial charge in [0.1, 0.15) is 17.6 Å². The fraction of sp³-hybridized carbons (Fsp3) is 0.0526. The SMILES string of the molecule is OC(c1cccs1)c1nnc(Nc2cccc(Oc3ccccc3)c2)s1. The second-order valence-electron chi connectivity index (χ2n) is 5.43. The summed E-state index contributed by atoms with van der Waals surface area (Å²) >= 11 is 2.82. The summed E-state index contributed by atoms with van der Waals surface area (Å²) in [6.45, 7) is 0. The van der Waals surface area contributed by atoms with E-state index in [0.717, 1.165) is 22.1 Å². The predicted octanol–water partition coefficient (Wildman–Crippen LogP) is 5.22. The van der Waals surface area contributed by atoms with Crippen molar-refractivity contribution in [2.45, 2.75) is 6.10 Å². The van der Waals surface area contributed by atoms with Gasteiger partial charge in [0.2, 0.25) is 5.13 Å². The van der Waals surface area contributed by atoms with Gasteiger partial charge in [-0.1, -0.05) is 41.7 Å². The first-order valence-electron chi connectivity index (χ1n) is 7.93. The zero-order valence-electron chi connectivity index (χ0n) is 13.6. The van der Waals surface area contributed by atoms with Gasteiger partial charge in [-0.15, -0.1) is 21.5 Å². The van der Waals surface area contributed by atoms with Crippen LogP contribution in [-0.2, 0) is 0 Å². The van der Waals surface area contributed by atoms with Crippen molar-refractivity contribution >= 4 is 33.5 Å². The van der Waals surface area contributed by atoms with E-state index < -0.39 is 6.10 Å². The van der Waals surface area contributed by atoms with Crippen molar-refractivity contribution < 1.29 is 9.84 Å². The highest BCUT2D eigenvalue weighted by Gasteiger charge is 2.17. The van der Waals surface area contributed by atoms with Gasteiger partial charge in [0, 0.05) is 16.6 Å². The molecule has 0 radical (unpaired) electrons. The third kappa shape index (κ3) is 3.91. The van der Waals surface area contributed by atoms with Gasteiger partial charge >= 0.3 is 0 Å². The van der Waals surface area contributed by atoms with Crippen LogP contribution >= 0.6 is 22.7 Å². The molecule has 2 N–H and O–H groups in total. The molecule has 7 heteroatoms. The first-order valence-corrected chi connectivity index (χ1v) is 9.62. The number of anilines is 2. The van der Waals surface area contributed by atoms with Crippen molar-refractivity contribution in [1.29, 1.82) is 0 Å². The van der Waals surface area contributed by atoms with Crippen molar-refractivity contribution in [1.82, 2.24) is 10.2 Å². The third-order valence-corrected chi connectivity index (χ3v) is 5.37. The number of aliphatic hydroxyl groups excluding tert-OH is 1. The molecule has 2 heterocycles. The molecule has 0 amide bonds. The molecule has 5 nitrogen and oxygen atoms in total. The van der Waals surface area contributed by atoms with Crippen LogP contribution in [0.15, 0.2) is 72.1 Å². The van der Waals surface area contributed by atoms with Crippen molar-refractivity contribution in [3.05, 3.63) is 82.0 Å². The fourth-order valence-corrected chi connectivity index (χ4v) is 3.90. The number of rotatable bonds is 6. The average molecular weight is 381 g/mol. The number of ether oxygens (including phenoxy) is 1. The minimum Gasteiger partial charge on any atom is -0.457 e. The van der Waals surface area contributed by atoms with Crippen molar-refractivity contribution in [3.63, 3.8) is 0 Å². The summed E-state index contributed by atoms with van der Waals surface area (Å²) in [6.07, 6.45) is -0.740. The summed E-state index contributed by atoms with van der Waals surface area (Å²) in [7, 11) is 0. The molecule has 1 atom stereocenters. The van der Waals surface area contributed by atoms with Crippen LogP contribution in [0.4, 0.5) is 10.8 Å². The monoisotopic (exact) mass is 381 g/mol. The van der Waals surface area contributed by atoms with E-state index in [1.54, 1.807) is 0 Å². The van der Waals surface area contributed by atoms with Crippen LogP contribution in [0, 0.1) is 0 Å². The molecular formula is C19H15N3O2S2. The molecule has 0 spiro atoms. The first-order chi connectivity index (χ1) is 12.8. The van der Waals surface area contributed by atoms with Crippen LogP contribution in [0.3, 0.4) is 0 Å². The standard InChI is InChI=1S/C19H15N3O2S2/c23-17(16-10-5-11-25-16)18-21-22-19(26-18)20-13-6-4-9-15(12-13)24-14-7-2-1-3-8-14/h1-12,17,23H,(H,20,22). The van der Waals surface area contributed by atoms with Crippen LogP contribution in [0.25, 0.3) is 0 Å². The molecule has 0 bridgehead atoms. The van der Waals surface area contributed by atoms with E-state index in [0.29, 0.717) is 10.1 Å². The Bertz CT molecular complexity index is 971. The Labute approximate surface area is 158 Å². The molecule has 0 saturated carbocycles. The molecule has 130 valence electrons. The highest BCUT2D eigenvalue weighted by atomic mass is 32.1. The lowest BCUT2D eigenvalue weighted by Gasteiger charge is -2.08. The lowest BCUT2D eigenvalue weighted by molar-refractivity contribution is 0.222. The van der Waals surface area contributed by atoms with Crippen LogP contribution in [0.1, 0.15) is 16.0 Å². The Morgan fingerprint density at radius 2 is 1.77 bits per heavy atom. The highest BCUT2D eigenvalue weighted by molar-refractivity contribution is 7.15. The van der Waals surface area contributed by atoms with Crippen molar-refractivity contribution in [3.8, 4) is 11.5 Å². The molecule has 0 fully saturated rings. The van der Waals surface area contributed by atoms with E-state index in [-0.39, 0.29) is 0 Å². The van der Waals surface area contributed by atoms with E-state index in [1.807, 2.05) is 72.1 Å². The molecule has 2 aromatic carbocycles. The number of hydrogen-bond donors (Lipinski definition) is 2. The molecule has 4 rings (SSSR count). The van der Waals surface area contributed by atoms with Crippen LogP contribution in [0.5, 0.6) is 11.5 Å². The van der Waals surface area contributed by atoms with Crippen LogP contribution in [0.2, 0.25) is 0 Å². The molecule has 0 saturated heterocycles. The van der Waals surface area contributed by atoms with Gasteiger partial charge in [-0.3, -0.25) is 0 Å². The molecule has 0 aliphatic carbocycles. The minimum atomic E-state index is -0.740. The van der Waals surface area contributed by atoms with Gasteiger partial charge in [0.25, 0.3) is 0 Å². The normalized spacial score (nSPS) is 11.9. The zero-order valence-corrected chi connectivity index (χ0v) is 15.2. The van der Waals surface area contributed by atoms with E-state index in [4.69, 9.17) is 4.74 Å². The smallest absolute Gasteiger partial charge is 0.210 e. The number of aromatic nitrogens is 2. The average Bonchev–Trinajstić information content (AvgIpc) is 3.34. The maximum absolute atomic E-state index is 10.3. The maximum atomic E-state index is 10.3. The van der Waals surface area contributed by atoms with Crippen LogP contribution in [-0.4, -0.2) is 15.3 Å². The molecule has 2 aromatic heterocycles. The zero-order chi connectivity index (χ0) is 17.8. The molecule has 26 heavy (non-hydrogen) atoms. The summed E-state index contributed by atoms with van der Waals surface area (Å²) in [5.74, 6) is 1.51. The first kappa shape index (κ1) is 16.7. The molecule has 0 aliphatic heterocycles. The molecule has 0 aliphatic rings. The Morgan fingerprint density at radius 3 is 2.58 bits per heavy atom. The topological polar surface area (TPSA) is 67.3 Å². The molecule has 1 unspecified atom stereocenters. The number of hydrogen-bond acceptors (Lipinski definition) is 7. The summed E-state index contributed by atoms with van der Waals surface area (Å²) in [6, 6.07) is 21.0. The van der Waals surface area contributed by atoms with Gasteiger partial charge in [-0.2, -0.15) is 0 Å². The van der Waals surface area contributed by atoms with Gasteiger partial charge in [0.15, 0.2) is 5.01 Å². The number of benzene rings is 2. The largest absolute Gasteiger partial charge is 0.457 e. The summed E-state index contributed by atoms with van der Waals surface area (Å²) in [5.41, 5.74) is 0.840.